The average Bonchev–Trinajstić information content (AvgIpc) is 2.95. The Morgan fingerprint density at radius 2 is 2.30 bits per heavy atom. The van der Waals surface area contributed by atoms with Crippen LogP contribution in [0.5, 0.6) is 0 Å². The summed E-state index contributed by atoms with van der Waals surface area (Å²) < 4.78 is 0. The van der Waals surface area contributed by atoms with Gasteiger partial charge in [-0.1, -0.05) is 6.42 Å². The van der Waals surface area contributed by atoms with E-state index in [4.69, 9.17) is 0 Å². The molecule has 0 unspecified atom stereocenters. The number of nitrogens with one attached hydrogen (secondary N) is 3. The van der Waals surface area contributed by atoms with Crippen molar-refractivity contribution < 1.29 is 9.59 Å². The monoisotopic (exact) mass is 317 g/mol. The maximum atomic E-state index is 11.5. The van der Waals surface area contributed by atoms with Gasteiger partial charge in [0.2, 0.25) is 5.91 Å². The molecule has 2 fully saturated rings. The normalized spacial score (nSPS) is 27.9. The standard InChI is InChI=1S/C13H23N3O2S2/c1-19-7-6-14-11(17)5-3-2-4-10-12-9(8-20-10)15-13(18)16-12/h9-10,12H,2-8H2,1H3,(H,14,17)(H2,15,16,18)/t9-,10-,12-/m0/s1. The van der Waals surface area contributed by atoms with E-state index in [1.807, 2.05) is 18.0 Å². The lowest BCUT2D eigenvalue weighted by Crippen LogP contribution is -2.36. The van der Waals surface area contributed by atoms with Gasteiger partial charge in [0.25, 0.3) is 0 Å². The first-order valence-corrected chi connectivity index (χ1v) is 9.59. The number of hydrogen-bond donors (Lipinski definition) is 3. The SMILES string of the molecule is CSCCNC(=O)CCCC[C@@H]1SC[C@@H]2NC(=O)N[C@@H]21. The number of unbranched alkanes of at least 4 members (excludes halogenated alkanes) is 1. The van der Waals surface area contributed by atoms with Crippen molar-refractivity contribution in [2.24, 2.45) is 0 Å². The van der Waals surface area contributed by atoms with Crippen LogP contribution in [0.15, 0.2) is 0 Å². The summed E-state index contributed by atoms with van der Waals surface area (Å²) in [6.07, 6.45) is 5.71. The van der Waals surface area contributed by atoms with Gasteiger partial charge >= 0.3 is 6.03 Å². The van der Waals surface area contributed by atoms with Crippen molar-refractivity contribution >= 4 is 35.5 Å². The van der Waals surface area contributed by atoms with Crippen molar-refractivity contribution in [3.63, 3.8) is 0 Å². The molecule has 114 valence electrons. The number of hydrogen-bond acceptors (Lipinski definition) is 4. The zero-order valence-electron chi connectivity index (χ0n) is 11.8. The predicted molar refractivity (Wildman–Crippen MR) is 85.3 cm³/mol. The fourth-order valence-electron chi connectivity index (χ4n) is 2.65. The van der Waals surface area contributed by atoms with Crippen LogP contribution in [0, 0.1) is 0 Å². The van der Waals surface area contributed by atoms with E-state index in [0.717, 1.165) is 37.3 Å². The number of rotatable bonds is 8. The van der Waals surface area contributed by atoms with Crippen LogP contribution >= 0.6 is 23.5 Å². The van der Waals surface area contributed by atoms with E-state index >= 15 is 0 Å². The molecular weight excluding hydrogens is 294 g/mol. The Morgan fingerprint density at radius 3 is 3.10 bits per heavy atom. The number of fused-ring (bicyclic) bond motifs is 1. The molecule has 2 rings (SSSR count). The minimum Gasteiger partial charge on any atom is -0.355 e. The average molecular weight is 317 g/mol. The van der Waals surface area contributed by atoms with E-state index in [2.05, 4.69) is 16.0 Å². The van der Waals surface area contributed by atoms with Crippen LogP contribution in [0.25, 0.3) is 0 Å². The number of carbonyl (C=O) groups is 2. The van der Waals surface area contributed by atoms with Crippen molar-refractivity contribution in [2.45, 2.75) is 43.0 Å². The third-order valence-corrected chi connectivity index (χ3v) is 5.83. The topological polar surface area (TPSA) is 70.2 Å². The van der Waals surface area contributed by atoms with Crippen molar-refractivity contribution in [3.8, 4) is 0 Å². The zero-order chi connectivity index (χ0) is 14.4. The largest absolute Gasteiger partial charge is 0.355 e. The summed E-state index contributed by atoms with van der Waals surface area (Å²) in [5.74, 6) is 2.13. The van der Waals surface area contributed by atoms with Gasteiger partial charge in [-0.2, -0.15) is 23.5 Å². The molecule has 2 saturated heterocycles. The van der Waals surface area contributed by atoms with Crippen molar-refractivity contribution in [3.05, 3.63) is 0 Å². The van der Waals surface area contributed by atoms with Crippen LogP contribution in [-0.4, -0.2) is 53.6 Å². The molecule has 20 heavy (non-hydrogen) atoms. The fourth-order valence-corrected chi connectivity index (χ4v) is 4.50. The van der Waals surface area contributed by atoms with Crippen LogP contribution in [-0.2, 0) is 4.79 Å². The highest BCUT2D eigenvalue weighted by molar-refractivity contribution is 8.00. The third-order valence-electron chi connectivity index (χ3n) is 3.71. The predicted octanol–water partition coefficient (Wildman–Crippen LogP) is 1.19. The molecule has 3 atom stereocenters. The second-order valence-corrected chi connectivity index (χ2v) is 7.47. The molecule has 0 radical (unpaired) electrons. The first kappa shape index (κ1) is 15.8. The Morgan fingerprint density at radius 1 is 1.45 bits per heavy atom. The molecule has 0 saturated carbocycles. The molecule has 0 bridgehead atoms. The van der Waals surface area contributed by atoms with E-state index in [1.165, 1.54) is 0 Å². The zero-order valence-corrected chi connectivity index (χ0v) is 13.4. The van der Waals surface area contributed by atoms with Gasteiger partial charge in [-0.15, -0.1) is 0 Å². The summed E-state index contributed by atoms with van der Waals surface area (Å²) in [7, 11) is 0. The minimum atomic E-state index is -0.0292. The lowest BCUT2D eigenvalue weighted by molar-refractivity contribution is -0.121. The number of urea groups is 1. The molecule has 2 aliphatic heterocycles. The van der Waals surface area contributed by atoms with Gasteiger partial charge in [0.05, 0.1) is 12.1 Å². The first-order chi connectivity index (χ1) is 9.70. The van der Waals surface area contributed by atoms with Crippen molar-refractivity contribution in [1.82, 2.24) is 16.0 Å². The quantitative estimate of drug-likeness (QED) is 0.465. The Kier molecular flexibility index (Phi) is 6.35. The minimum absolute atomic E-state index is 0.0292. The Hall–Kier alpha value is -0.560. The smallest absolute Gasteiger partial charge is 0.315 e. The fraction of sp³-hybridized carbons (Fsp3) is 0.846. The molecule has 7 heteroatoms. The van der Waals surface area contributed by atoms with Gasteiger partial charge in [-0.05, 0) is 19.1 Å². The molecule has 0 aromatic rings. The third kappa shape index (κ3) is 4.48. The van der Waals surface area contributed by atoms with Gasteiger partial charge in [-0.25, -0.2) is 4.79 Å². The molecule has 3 amide bonds. The first-order valence-electron chi connectivity index (χ1n) is 7.15. The van der Waals surface area contributed by atoms with E-state index in [0.29, 0.717) is 17.7 Å². The molecule has 0 aliphatic carbocycles. The van der Waals surface area contributed by atoms with Gasteiger partial charge in [0, 0.05) is 29.7 Å². The van der Waals surface area contributed by atoms with E-state index in [1.54, 1.807) is 11.8 Å². The van der Waals surface area contributed by atoms with E-state index in [-0.39, 0.29) is 18.0 Å². The lowest BCUT2D eigenvalue weighted by Gasteiger charge is -2.16. The van der Waals surface area contributed by atoms with Crippen LogP contribution in [0.2, 0.25) is 0 Å². The van der Waals surface area contributed by atoms with Gasteiger partial charge in [0.1, 0.15) is 0 Å². The van der Waals surface area contributed by atoms with Gasteiger partial charge < -0.3 is 16.0 Å². The maximum Gasteiger partial charge on any atom is 0.315 e. The molecule has 2 aliphatic rings. The molecular formula is C13H23N3O2S2. The summed E-state index contributed by atoms with van der Waals surface area (Å²) in [5.41, 5.74) is 0. The summed E-state index contributed by atoms with van der Waals surface area (Å²) in [6, 6.07) is 0.550. The summed E-state index contributed by atoms with van der Waals surface area (Å²) >= 11 is 3.67. The molecule has 0 aromatic carbocycles. The Labute approximate surface area is 128 Å². The number of thioether (sulfide) groups is 2. The van der Waals surface area contributed by atoms with Crippen LogP contribution in [0.3, 0.4) is 0 Å². The van der Waals surface area contributed by atoms with Crippen LogP contribution in [0.4, 0.5) is 4.79 Å². The number of amides is 3. The summed E-state index contributed by atoms with van der Waals surface area (Å²) in [4.78, 5) is 22.8. The second kappa shape index (κ2) is 8.02. The molecule has 2 heterocycles. The lowest BCUT2D eigenvalue weighted by atomic mass is 10.0. The molecule has 0 spiro atoms. The highest BCUT2D eigenvalue weighted by Crippen LogP contribution is 2.33. The highest BCUT2D eigenvalue weighted by atomic mass is 32.2. The van der Waals surface area contributed by atoms with Gasteiger partial charge in [0.15, 0.2) is 0 Å². The maximum absolute atomic E-state index is 11.5. The molecule has 0 aromatic heterocycles. The molecule has 5 nitrogen and oxygen atoms in total. The van der Waals surface area contributed by atoms with Gasteiger partial charge in [-0.3, -0.25) is 4.79 Å². The second-order valence-electron chi connectivity index (χ2n) is 5.21. The summed E-state index contributed by atoms with van der Waals surface area (Å²) in [6.45, 7) is 0.764. The van der Waals surface area contributed by atoms with Crippen LogP contribution in [0.1, 0.15) is 25.7 Å². The summed E-state index contributed by atoms with van der Waals surface area (Å²) in [5, 5.41) is 9.37. The highest BCUT2D eigenvalue weighted by Gasteiger charge is 2.42. The van der Waals surface area contributed by atoms with Crippen LogP contribution < -0.4 is 16.0 Å². The van der Waals surface area contributed by atoms with E-state index < -0.39 is 0 Å². The molecule has 3 N–H and O–H groups in total. The van der Waals surface area contributed by atoms with E-state index in [9.17, 15) is 9.59 Å². The van der Waals surface area contributed by atoms with Crippen molar-refractivity contribution in [1.29, 1.82) is 0 Å². The number of carbonyl (C=O) groups excluding carboxylic acids is 2. The Balaban J connectivity index is 1.55. The van der Waals surface area contributed by atoms with Crippen molar-refractivity contribution in [2.75, 3.05) is 24.3 Å². The Bertz CT molecular complexity index is 355.